The monoisotopic (exact) mass is 296 g/mol. The Labute approximate surface area is 119 Å². The van der Waals surface area contributed by atoms with Gasteiger partial charge in [0.15, 0.2) is 5.78 Å². The zero-order chi connectivity index (χ0) is 14.7. The summed E-state index contributed by atoms with van der Waals surface area (Å²) in [5.41, 5.74) is 0.871. The molecular weight excluding hydrogens is 286 g/mol. The highest BCUT2D eigenvalue weighted by molar-refractivity contribution is 6.17. The van der Waals surface area contributed by atoms with Crippen molar-refractivity contribution < 1.29 is 18.7 Å². The van der Waals surface area contributed by atoms with Crippen molar-refractivity contribution in [2.45, 2.75) is 12.3 Å². The minimum atomic E-state index is -0.755. The van der Waals surface area contributed by atoms with Crippen molar-refractivity contribution >= 4 is 17.4 Å². The second-order valence-electron chi connectivity index (χ2n) is 4.31. The lowest BCUT2D eigenvalue weighted by Gasteiger charge is -2.06. The molecule has 20 heavy (non-hydrogen) atoms. The van der Waals surface area contributed by atoms with Gasteiger partial charge in [-0.3, -0.25) is 4.79 Å². The fourth-order valence-corrected chi connectivity index (χ4v) is 2.02. The zero-order valence-electron chi connectivity index (χ0n) is 10.4. The van der Waals surface area contributed by atoms with Gasteiger partial charge in [0, 0.05) is 23.6 Å². The largest absolute Gasteiger partial charge is 0.508 e. The summed E-state index contributed by atoms with van der Waals surface area (Å²) < 4.78 is 26.3. The van der Waals surface area contributed by atoms with Crippen LogP contribution in [0.2, 0.25) is 0 Å². The van der Waals surface area contributed by atoms with Crippen LogP contribution in [-0.4, -0.2) is 10.9 Å². The molecule has 0 aliphatic carbocycles. The van der Waals surface area contributed by atoms with Gasteiger partial charge in [0.1, 0.15) is 17.4 Å². The first-order chi connectivity index (χ1) is 9.51. The molecule has 104 valence electrons. The summed E-state index contributed by atoms with van der Waals surface area (Å²) >= 11 is 5.64. The summed E-state index contributed by atoms with van der Waals surface area (Å²) in [6, 6.07) is 7.36. The molecule has 0 amide bonds. The molecule has 0 heterocycles. The second kappa shape index (κ2) is 6.01. The predicted octanol–water partition coefficient (Wildman–Crippen LogP) is 3.83. The number of Topliss-reactive ketones (excluding diaryl/α,β-unsaturated/α-hetero) is 1. The van der Waals surface area contributed by atoms with E-state index in [1.807, 2.05) is 0 Å². The van der Waals surface area contributed by atoms with Crippen molar-refractivity contribution in [1.29, 1.82) is 0 Å². The number of carbonyl (C=O) groups is 1. The summed E-state index contributed by atoms with van der Waals surface area (Å²) in [6.07, 6.45) is -0.182. The minimum Gasteiger partial charge on any atom is -0.508 e. The third kappa shape index (κ3) is 3.14. The van der Waals surface area contributed by atoms with Crippen molar-refractivity contribution in [3.05, 3.63) is 64.7 Å². The molecule has 0 saturated heterocycles. The van der Waals surface area contributed by atoms with Gasteiger partial charge in [0.25, 0.3) is 0 Å². The number of ketones is 1. The number of hydrogen-bond donors (Lipinski definition) is 1. The molecule has 0 saturated carbocycles. The van der Waals surface area contributed by atoms with E-state index in [1.165, 1.54) is 24.3 Å². The third-order valence-electron chi connectivity index (χ3n) is 2.91. The minimum absolute atomic E-state index is 0.00418. The lowest BCUT2D eigenvalue weighted by molar-refractivity contribution is 0.0991. The first-order valence-corrected chi connectivity index (χ1v) is 6.39. The van der Waals surface area contributed by atoms with E-state index in [4.69, 9.17) is 11.6 Å². The second-order valence-corrected chi connectivity index (χ2v) is 4.58. The van der Waals surface area contributed by atoms with Crippen molar-refractivity contribution in [1.82, 2.24) is 0 Å². The van der Waals surface area contributed by atoms with Crippen LogP contribution in [0.15, 0.2) is 36.4 Å². The summed E-state index contributed by atoms with van der Waals surface area (Å²) in [5.74, 6) is -1.70. The molecule has 0 fully saturated rings. The van der Waals surface area contributed by atoms with Crippen molar-refractivity contribution in [2.75, 3.05) is 0 Å². The number of benzene rings is 2. The van der Waals surface area contributed by atoms with Gasteiger partial charge < -0.3 is 5.11 Å². The number of rotatable bonds is 4. The normalized spacial score (nSPS) is 10.6. The van der Waals surface area contributed by atoms with Gasteiger partial charge >= 0.3 is 0 Å². The van der Waals surface area contributed by atoms with E-state index >= 15 is 0 Å². The van der Waals surface area contributed by atoms with Crippen LogP contribution in [0.1, 0.15) is 21.5 Å². The molecule has 5 heteroatoms. The number of phenolic OH excluding ortho intramolecular Hbond substituents is 1. The first-order valence-electron chi connectivity index (χ1n) is 5.86. The van der Waals surface area contributed by atoms with Gasteiger partial charge in [-0.05, 0) is 29.8 Å². The molecule has 0 bridgehead atoms. The zero-order valence-corrected chi connectivity index (χ0v) is 11.1. The van der Waals surface area contributed by atoms with E-state index < -0.39 is 11.6 Å². The van der Waals surface area contributed by atoms with Gasteiger partial charge in [0.2, 0.25) is 0 Å². The van der Waals surface area contributed by atoms with Gasteiger partial charge in [-0.1, -0.05) is 6.07 Å². The van der Waals surface area contributed by atoms with Crippen molar-refractivity contribution in [3.8, 4) is 5.75 Å². The molecule has 2 aromatic carbocycles. The number of phenols is 1. The maximum Gasteiger partial charge on any atom is 0.167 e. The van der Waals surface area contributed by atoms with Crippen LogP contribution in [0.25, 0.3) is 0 Å². The molecule has 0 atom stereocenters. The highest BCUT2D eigenvalue weighted by atomic mass is 35.5. The predicted molar refractivity (Wildman–Crippen MR) is 72.1 cm³/mol. The smallest absolute Gasteiger partial charge is 0.167 e. The Kier molecular flexibility index (Phi) is 4.35. The van der Waals surface area contributed by atoms with Crippen LogP contribution < -0.4 is 0 Å². The van der Waals surface area contributed by atoms with Gasteiger partial charge in [0.05, 0.1) is 5.88 Å². The quantitative estimate of drug-likeness (QED) is 0.687. The highest BCUT2D eigenvalue weighted by Crippen LogP contribution is 2.21. The Morgan fingerprint density at radius 3 is 2.50 bits per heavy atom. The van der Waals surface area contributed by atoms with Crippen LogP contribution in [-0.2, 0) is 12.3 Å². The number of halogens is 3. The number of carbonyl (C=O) groups excluding carboxylic acids is 1. The number of hydrogen-bond acceptors (Lipinski definition) is 2. The summed E-state index contributed by atoms with van der Waals surface area (Å²) in [5, 5.41) is 9.48. The third-order valence-corrected chi connectivity index (χ3v) is 3.20. The number of alkyl halides is 1. The lowest BCUT2D eigenvalue weighted by atomic mass is 10.0. The van der Waals surface area contributed by atoms with E-state index in [9.17, 15) is 18.7 Å². The molecule has 2 rings (SSSR count). The topological polar surface area (TPSA) is 37.3 Å². The van der Waals surface area contributed by atoms with E-state index in [0.717, 1.165) is 12.1 Å². The van der Waals surface area contributed by atoms with Crippen LogP contribution in [0.5, 0.6) is 5.75 Å². The van der Waals surface area contributed by atoms with Crippen LogP contribution in [0, 0.1) is 11.6 Å². The number of aromatic hydroxyl groups is 1. The molecule has 2 aromatic rings. The molecule has 0 aromatic heterocycles. The lowest BCUT2D eigenvalue weighted by Crippen LogP contribution is -2.06. The average Bonchev–Trinajstić information content (AvgIpc) is 2.42. The van der Waals surface area contributed by atoms with Gasteiger partial charge in [-0.15, -0.1) is 11.6 Å². The van der Waals surface area contributed by atoms with E-state index in [0.29, 0.717) is 11.1 Å². The average molecular weight is 297 g/mol. The van der Waals surface area contributed by atoms with E-state index in [2.05, 4.69) is 0 Å². The fraction of sp³-hybridized carbons (Fsp3) is 0.133. The van der Waals surface area contributed by atoms with Crippen LogP contribution in [0.3, 0.4) is 0 Å². The SMILES string of the molecule is O=C(Cc1ccc(F)cc1F)c1ccc(O)c(CCl)c1. The molecule has 0 aliphatic rings. The molecular formula is C15H11ClF2O2. The van der Waals surface area contributed by atoms with Crippen molar-refractivity contribution in [2.24, 2.45) is 0 Å². The Balaban J connectivity index is 2.24. The van der Waals surface area contributed by atoms with E-state index in [1.54, 1.807) is 0 Å². The Hall–Kier alpha value is -1.94. The summed E-state index contributed by atoms with van der Waals surface area (Å²) in [6.45, 7) is 0. The standard InChI is InChI=1S/C15H11ClF2O2/c16-8-11-5-10(2-4-14(11)19)15(20)6-9-1-3-12(17)7-13(9)18/h1-5,7,19H,6,8H2. The molecule has 0 radical (unpaired) electrons. The molecule has 1 N–H and O–H groups in total. The Bertz CT molecular complexity index is 656. The van der Waals surface area contributed by atoms with Crippen LogP contribution >= 0.6 is 11.6 Å². The molecule has 0 unspecified atom stereocenters. The molecule has 0 aliphatic heterocycles. The summed E-state index contributed by atoms with van der Waals surface area (Å²) in [4.78, 5) is 12.0. The van der Waals surface area contributed by atoms with Gasteiger partial charge in [-0.2, -0.15) is 0 Å². The van der Waals surface area contributed by atoms with Crippen LogP contribution in [0.4, 0.5) is 8.78 Å². The van der Waals surface area contributed by atoms with Crippen molar-refractivity contribution in [3.63, 3.8) is 0 Å². The molecule has 0 spiro atoms. The first kappa shape index (κ1) is 14.5. The maximum absolute atomic E-state index is 13.5. The molecule has 2 nitrogen and oxygen atoms in total. The van der Waals surface area contributed by atoms with E-state index in [-0.39, 0.29) is 29.4 Å². The highest BCUT2D eigenvalue weighted by Gasteiger charge is 2.13. The Morgan fingerprint density at radius 2 is 1.85 bits per heavy atom. The Morgan fingerprint density at radius 1 is 1.10 bits per heavy atom. The van der Waals surface area contributed by atoms with Gasteiger partial charge in [-0.25, -0.2) is 8.78 Å². The fourth-order valence-electron chi connectivity index (χ4n) is 1.81. The summed E-state index contributed by atoms with van der Waals surface area (Å²) in [7, 11) is 0. The maximum atomic E-state index is 13.5.